The number of hydrogen-bond donors (Lipinski definition) is 1. The maximum absolute atomic E-state index is 11.8. The van der Waals surface area contributed by atoms with E-state index in [0.717, 1.165) is 16.7 Å². The largest absolute Gasteiger partial charge is 0.369 e. The molecular formula is C11H18BrN3OS. The van der Waals surface area contributed by atoms with Gasteiger partial charge in [-0.3, -0.25) is 9.69 Å². The second-order valence-electron chi connectivity index (χ2n) is 4.19. The van der Waals surface area contributed by atoms with E-state index in [1.165, 1.54) is 4.90 Å². The van der Waals surface area contributed by atoms with E-state index in [0.29, 0.717) is 12.4 Å². The Kier molecular flexibility index (Phi) is 5.06. The second kappa shape index (κ2) is 5.91. The van der Waals surface area contributed by atoms with Crippen molar-refractivity contribution in [1.29, 1.82) is 0 Å². The van der Waals surface area contributed by atoms with Crippen LogP contribution in [0.2, 0.25) is 0 Å². The van der Waals surface area contributed by atoms with E-state index in [-0.39, 0.29) is 11.4 Å². The highest BCUT2D eigenvalue weighted by molar-refractivity contribution is 9.11. The molecule has 0 unspecified atom stereocenters. The van der Waals surface area contributed by atoms with Gasteiger partial charge in [-0.05, 0) is 23.2 Å². The van der Waals surface area contributed by atoms with Crippen LogP contribution in [0.25, 0.3) is 0 Å². The fourth-order valence-electron chi connectivity index (χ4n) is 1.59. The highest BCUT2D eigenvalue weighted by atomic mass is 79.9. The first kappa shape index (κ1) is 14.6. The van der Waals surface area contributed by atoms with Gasteiger partial charge in [0.05, 0.1) is 12.0 Å². The van der Waals surface area contributed by atoms with Crippen LogP contribution >= 0.6 is 27.7 Å². The van der Waals surface area contributed by atoms with Crippen molar-refractivity contribution < 1.29 is 4.79 Å². The number of aliphatic imine (C=N–C) groups is 1. The normalized spacial score (nSPS) is 26.1. The summed E-state index contributed by atoms with van der Waals surface area (Å²) in [5, 5.41) is 2.02. The summed E-state index contributed by atoms with van der Waals surface area (Å²) in [5.41, 5.74) is 5.42. The van der Waals surface area contributed by atoms with Crippen molar-refractivity contribution in [3.63, 3.8) is 0 Å². The molecule has 0 aliphatic carbocycles. The summed E-state index contributed by atoms with van der Waals surface area (Å²) in [5.74, 6) is 1.13. The van der Waals surface area contributed by atoms with Gasteiger partial charge < -0.3 is 5.73 Å². The third-order valence-corrected chi connectivity index (χ3v) is 4.56. The minimum atomic E-state index is -0.350. The van der Waals surface area contributed by atoms with Crippen LogP contribution in [-0.2, 0) is 4.79 Å². The van der Waals surface area contributed by atoms with Crippen LogP contribution in [-0.4, -0.2) is 35.1 Å². The average molecular weight is 320 g/mol. The van der Waals surface area contributed by atoms with Gasteiger partial charge in [0, 0.05) is 12.8 Å². The Hall–Kier alpha value is -0.490. The molecule has 0 aromatic rings. The Labute approximate surface area is 115 Å². The predicted molar refractivity (Wildman–Crippen MR) is 77.2 cm³/mol. The molecule has 0 fully saturated rings. The molecule has 1 rings (SSSR count). The Morgan fingerprint density at radius 2 is 2.41 bits per heavy atom. The van der Waals surface area contributed by atoms with E-state index in [2.05, 4.69) is 20.9 Å². The smallest absolute Gasteiger partial charge is 0.231 e. The van der Waals surface area contributed by atoms with Crippen molar-refractivity contribution in [2.45, 2.75) is 32.2 Å². The molecule has 0 radical (unpaired) electrons. The maximum atomic E-state index is 11.8. The van der Waals surface area contributed by atoms with E-state index in [1.54, 1.807) is 18.8 Å². The molecule has 1 amide bonds. The number of guanidine groups is 1. The fourth-order valence-corrected chi connectivity index (χ4v) is 2.98. The van der Waals surface area contributed by atoms with Crippen LogP contribution in [0, 0.1) is 0 Å². The molecule has 4 nitrogen and oxygen atoms in total. The lowest BCUT2D eigenvalue weighted by atomic mass is 9.93. The number of thioether (sulfide) groups is 1. The fraction of sp³-hybridized carbons (Fsp3) is 0.636. The van der Waals surface area contributed by atoms with Crippen LogP contribution in [0.15, 0.2) is 14.9 Å². The van der Waals surface area contributed by atoms with Crippen molar-refractivity contribution >= 4 is 39.6 Å². The molecule has 1 atom stereocenters. The molecular weight excluding hydrogens is 302 g/mol. The van der Waals surface area contributed by atoms with Gasteiger partial charge in [-0.2, -0.15) is 0 Å². The third-order valence-electron chi connectivity index (χ3n) is 2.81. The van der Waals surface area contributed by atoms with Gasteiger partial charge in [-0.1, -0.05) is 22.9 Å². The minimum Gasteiger partial charge on any atom is -0.369 e. The zero-order chi connectivity index (χ0) is 13.1. The van der Waals surface area contributed by atoms with Gasteiger partial charge in [-0.15, -0.1) is 11.8 Å². The van der Waals surface area contributed by atoms with Crippen LogP contribution in [0.5, 0.6) is 0 Å². The number of carbonyl (C=O) groups is 1. The predicted octanol–water partition coefficient (Wildman–Crippen LogP) is 2.30. The topological polar surface area (TPSA) is 58.7 Å². The minimum absolute atomic E-state index is 0.0412. The average Bonchev–Trinajstić information content (AvgIpc) is 2.25. The number of carbonyl (C=O) groups excluding carboxylic acids is 1. The van der Waals surface area contributed by atoms with Gasteiger partial charge in [0.2, 0.25) is 5.91 Å². The third kappa shape index (κ3) is 3.74. The molecule has 0 spiro atoms. The number of halogens is 1. The molecule has 96 valence electrons. The Bertz CT molecular complexity index is 366. The number of rotatable bonds is 4. The van der Waals surface area contributed by atoms with Crippen LogP contribution in [0.4, 0.5) is 0 Å². The van der Waals surface area contributed by atoms with E-state index in [1.807, 2.05) is 19.3 Å². The monoisotopic (exact) mass is 319 g/mol. The molecule has 0 saturated carbocycles. The first-order chi connectivity index (χ1) is 7.90. The van der Waals surface area contributed by atoms with E-state index in [4.69, 9.17) is 5.73 Å². The number of allylic oxidation sites excluding steroid dienone is 1. The van der Waals surface area contributed by atoms with Crippen molar-refractivity contribution in [2.75, 3.05) is 12.8 Å². The van der Waals surface area contributed by atoms with Gasteiger partial charge in [0.15, 0.2) is 5.96 Å². The van der Waals surface area contributed by atoms with E-state index < -0.39 is 0 Å². The first-order valence-electron chi connectivity index (χ1n) is 5.46. The first-order valence-corrected chi connectivity index (χ1v) is 7.30. The molecule has 0 aromatic heterocycles. The number of amides is 1. The van der Waals surface area contributed by atoms with Crippen LogP contribution in [0.1, 0.15) is 26.7 Å². The quantitative estimate of drug-likeness (QED) is 0.865. The summed E-state index contributed by atoms with van der Waals surface area (Å²) in [7, 11) is 1.66. The lowest BCUT2D eigenvalue weighted by Crippen LogP contribution is -2.50. The van der Waals surface area contributed by atoms with Gasteiger partial charge >= 0.3 is 0 Å². The summed E-state index contributed by atoms with van der Waals surface area (Å²) in [6.07, 6.45) is 1.25. The SMILES string of the molecule is CC[C@@]1(CS/C=C(\C)Br)CC(=O)N(C)C(N)=N1. The summed E-state index contributed by atoms with van der Waals surface area (Å²) < 4.78 is 1.07. The van der Waals surface area contributed by atoms with Crippen molar-refractivity contribution in [2.24, 2.45) is 10.7 Å². The highest BCUT2D eigenvalue weighted by Crippen LogP contribution is 2.30. The molecule has 1 aliphatic rings. The maximum Gasteiger partial charge on any atom is 0.231 e. The molecule has 6 heteroatoms. The zero-order valence-electron chi connectivity index (χ0n) is 10.4. The lowest BCUT2D eigenvalue weighted by Gasteiger charge is -2.34. The van der Waals surface area contributed by atoms with Crippen LogP contribution in [0.3, 0.4) is 0 Å². The van der Waals surface area contributed by atoms with E-state index in [9.17, 15) is 4.79 Å². The van der Waals surface area contributed by atoms with Crippen LogP contribution < -0.4 is 5.73 Å². The van der Waals surface area contributed by atoms with Gasteiger partial charge in [0.1, 0.15) is 0 Å². The molecule has 1 aliphatic heterocycles. The van der Waals surface area contributed by atoms with Crippen molar-refractivity contribution in [1.82, 2.24) is 4.90 Å². The molecule has 0 bridgehead atoms. The number of hydrogen-bond acceptors (Lipinski definition) is 4. The summed E-state index contributed by atoms with van der Waals surface area (Å²) >= 11 is 5.03. The summed E-state index contributed by atoms with van der Waals surface area (Å²) in [4.78, 5) is 17.7. The molecule has 1 heterocycles. The van der Waals surface area contributed by atoms with E-state index >= 15 is 0 Å². The second-order valence-corrected chi connectivity index (χ2v) is 6.30. The van der Waals surface area contributed by atoms with Gasteiger partial charge in [0.25, 0.3) is 0 Å². The Morgan fingerprint density at radius 1 is 1.76 bits per heavy atom. The standard InChI is InChI=1S/C11H18BrN3OS/c1-4-11(7-17-6-8(2)12)5-9(16)15(3)10(13)14-11/h6H,4-5,7H2,1-3H3,(H2,13,14)/b8-6+/t11-/m0/s1. The number of nitrogens with zero attached hydrogens (tertiary/aromatic N) is 2. The molecule has 0 aromatic carbocycles. The molecule has 17 heavy (non-hydrogen) atoms. The highest BCUT2D eigenvalue weighted by Gasteiger charge is 2.36. The lowest BCUT2D eigenvalue weighted by molar-refractivity contribution is -0.128. The number of nitrogens with two attached hydrogens (primary N) is 1. The van der Waals surface area contributed by atoms with Crippen molar-refractivity contribution in [3.8, 4) is 0 Å². The van der Waals surface area contributed by atoms with Crippen molar-refractivity contribution in [3.05, 3.63) is 9.89 Å². The Balaban J connectivity index is 2.82. The summed E-state index contributed by atoms with van der Waals surface area (Å²) in [6, 6.07) is 0. The summed E-state index contributed by atoms with van der Waals surface area (Å²) in [6.45, 7) is 4.02. The van der Waals surface area contributed by atoms with Gasteiger partial charge in [-0.25, -0.2) is 4.99 Å². The zero-order valence-corrected chi connectivity index (χ0v) is 12.8. The Morgan fingerprint density at radius 3 is 2.88 bits per heavy atom. The molecule has 0 saturated heterocycles. The molecule has 2 N–H and O–H groups in total.